The molecule has 1 amide bonds. The van der Waals surface area contributed by atoms with E-state index in [4.69, 9.17) is 9.47 Å². The highest BCUT2D eigenvalue weighted by molar-refractivity contribution is 9.10. The Labute approximate surface area is 115 Å². The van der Waals surface area contributed by atoms with Crippen molar-refractivity contribution in [1.29, 1.82) is 0 Å². The van der Waals surface area contributed by atoms with Gasteiger partial charge in [-0.15, -0.1) is 0 Å². The van der Waals surface area contributed by atoms with Gasteiger partial charge in [-0.25, -0.2) is 9.78 Å². The van der Waals surface area contributed by atoms with Crippen LogP contribution in [0.25, 0.3) is 0 Å². The molecule has 1 rings (SSSR count). The molecular weight excluding hydrogens is 300 g/mol. The Morgan fingerprint density at radius 1 is 1.44 bits per heavy atom. The summed E-state index contributed by atoms with van der Waals surface area (Å²) in [7, 11) is 1.50. The number of hydrogen-bond acceptors (Lipinski definition) is 4. The molecule has 1 heterocycles. The minimum Gasteiger partial charge on any atom is -0.480 e. The van der Waals surface area contributed by atoms with Gasteiger partial charge in [0.2, 0.25) is 5.88 Å². The van der Waals surface area contributed by atoms with Crippen LogP contribution in [0.2, 0.25) is 0 Å². The number of carbonyl (C=O) groups excluding carboxylic acids is 1. The topological polar surface area (TPSA) is 60.5 Å². The minimum atomic E-state index is -0.551. The highest BCUT2D eigenvalue weighted by Gasteiger charge is 2.19. The molecule has 100 valence electrons. The molecule has 0 saturated carbocycles. The largest absolute Gasteiger partial charge is 0.480 e. The van der Waals surface area contributed by atoms with E-state index < -0.39 is 11.7 Å². The molecule has 0 unspecified atom stereocenters. The molecular formula is C12H17BrN2O3. The highest BCUT2D eigenvalue weighted by Crippen LogP contribution is 2.31. The van der Waals surface area contributed by atoms with Crippen LogP contribution in [0.15, 0.2) is 10.7 Å². The van der Waals surface area contributed by atoms with Gasteiger partial charge in [-0.05, 0) is 49.2 Å². The summed E-state index contributed by atoms with van der Waals surface area (Å²) in [5, 5.41) is 2.65. The van der Waals surface area contributed by atoms with E-state index in [1.54, 1.807) is 27.0 Å². The summed E-state index contributed by atoms with van der Waals surface area (Å²) in [4.78, 5) is 15.8. The van der Waals surface area contributed by atoms with Crippen molar-refractivity contribution >= 4 is 27.7 Å². The lowest BCUT2D eigenvalue weighted by Gasteiger charge is -2.20. The molecule has 1 N–H and O–H groups in total. The van der Waals surface area contributed by atoms with Crippen LogP contribution >= 0.6 is 15.9 Å². The standard InChI is InChI=1S/C12H17BrN2O3/c1-7-8(13)6-14-10(17-5)9(7)15-11(16)18-12(2,3)4/h6H,1-5H3,(H,15,16). The second-order valence-electron chi connectivity index (χ2n) is 4.74. The van der Waals surface area contributed by atoms with Gasteiger partial charge in [0.25, 0.3) is 0 Å². The molecule has 18 heavy (non-hydrogen) atoms. The summed E-state index contributed by atoms with van der Waals surface area (Å²) in [5.74, 6) is 0.349. The van der Waals surface area contributed by atoms with Crippen molar-refractivity contribution in [2.75, 3.05) is 12.4 Å². The number of anilines is 1. The summed E-state index contributed by atoms with van der Waals surface area (Å²) >= 11 is 3.35. The summed E-state index contributed by atoms with van der Waals surface area (Å²) in [6, 6.07) is 0. The Hall–Kier alpha value is -1.30. The smallest absolute Gasteiger partial charge is 0.412 e. The zero-order chi connectivity index (χ0) is 13.9. The summed E-state index contributed by atoms with van der Waals surface area (Å²) < 4.78 is 11.1. The Morgan fingerprint density at radius 3 is 2.56 bits per heavy atom. The van der Waals surface area contributed by atoms with Crippen LogP contribution in [-0.4, -0.2) is 23.8 Å². The van der Waals surface area contributed by atoms with Gasteiger partial charge in [0, 0.05) is 10.7 Å². The summed E-state index contributed by atoms with van der Waals surface area (Å²) in [6.45, 7) is 7.25. The maximum Gasteiger partial charge on any atom is 0.412 e. The van der Waals surface area contributed by atoms with Gasteiger partial charge in [0.15, 0.2) is 0 Å². The van der Waals surface area contributed by atoms with Crippen LogP contribution in [0.4, 0.5) is 10.5 Å². The molecule has 0 aliphatic heterocycles. The maximum absolute atomic E-state index is 11.7. The number of pyridine rings is 1. The first-order chi connectivity index (χ1) is 8.24. The van der Waals surface area contributed by atoms with Gasteiger partial charge >= 0.3 is 6.09 Å². The molecule has 1 aromatic heterocycles. The number of aromatic nitrogens is 1. The van der Waals surface area contributed by atoms with E-state index in [1.807, 2.05) is 6.92 Å². The van der Waals surface area contributed by atoms with Gasteiger partial charge in [0.05, 0.1) is 7.11 Å². The first-order valence-electron chi connectivity index (χ1n) is 5.43. The SMILES string of the molecule is COc1ncc(Br)c(C)c1NC(=O)OC(C)(C)C. The van der Waals surface area contributed by atoms with Crippen LogP contribution in [0.3, 0.4) is 0 Å². The fourth-order valence-electron chi connectivity index (χ4n) is 1.26. The fourth-order valence-corrected chi connectivity index (χ4v) is 1.56. The van der Waals surface area contributed by atoms with Crippen molar-refractivity contribution in [2.24, 2.45) is 0 Å². The van der Waals surface area contributed by atoms with E-state index in [0.29, 0.717) is 11.6 Å². The molecule has 6 heteroatoms. The van der Waals surface area contributed by atoms with Crippen molar-refractivity contribution in [1.82, 2.24) is 4.98 Å². The van der Waals surface area contributed by atoms with Crippen LogP contribution in [0, 0.1) is 6.92 Å². The minimum absolute atomic E-state index is 0.349. The van der Waals surface area contributed by atoms with Gasteiger partial charge in [-0.2, -0.15) is 0 Å². The van der Waals surface area contributed by atoms with Crippen LogP contribution in [0.1, 0.15) is 26.3 Å². The zero-order valence-electron chi connectivity index (χ0n) is 11.1. The molecule has 1 aromatic rings. The number of nitrogens with one attached hydrogen (secondary N) is 1. The molecule has 0 radical (unpaired) electrons. The molecule has 0 bridgehead atoms. The predicted octanol–water partition coefficient (Wildman–Crippen LogP) is 3.51. The quantitative estimate of drug-likeness (QED) is 0.907. The van der Waals surface area contributed by atoms with Gasteiger partial charge in [0.1, 0.15) is 11.3 Å². The molecule has 0 aromatic carbocycles. The molecule has 0 atom stereocenters. The normalized spacial score (nSPS) is 11.0. The molecule has 0 fully saturated rings. The van der Waals surface area contributed by atoms with Crippen molar-refractivity contribution < 1.29 is 14.3 Å². The average molecular weight is 317 g/mol. The lowest BCUT2D eigenvalue weighted by Crippen LogP contribution is -2.27. The first kappa shape index (κ1) is 14.8. The maximum atomic E-state index is 11.7. The monoisotopic (exact) mass is 316 g/mol. The van der Waals surface area contributed by atoms with E-state index in [0.717, 1.165) is 10.0 Å². The summed E-state index contributed by atoms with van der Waals surface area (Å²) in [5.41, 5.74) is 0.777. The van der Waals surface area contributed by atoms with E-state index in [1.165, 1.54) is 7.11 Å². The average Bonchev–Trinajstić information content (AvgIpc) is 2.22. The Bertz CT molecular complexity index is 455. The third kappa shape index (κ3) is 3.87. The number of nitrogens with zero attached hydrogens (tertiary/aromatic N) is 1. The lowest BCUT2D eigenvalue weighted by molar-refractivity contribution is 0.0635. The molecule has 0 spiro atoms. The second kappa shape index (κ2) is 5.56. The van der Waals surface area contributed by atoms with Gasteiger partial charge < -0.3 is 9.47 Å². The van der Waals surface area contributed by atoms with Crippen molar-refractivity contribution in [2.45, 2.75) is 33.3 Å². The zero-order valence-corrected chi connectivity index (χ0v) is 12.7. The molecule has 0 aliphatic carbocycles. The van der Waals surface area contributed by atoms with Crippen LogP contribution in [0.5, 0.6) is 5.88 Å². The molecule has 0 aliphatic rings. The summed E-state index contributed by atoms with van der Waals surface area (Å²) in [6.07, 6.45) is 1.08. The molecule has 0 saturated heterocycles. The number of ether oxygens (including phenoxy) is 2. The fraction of sp³-hybridized carbons (Fsp3) is 0.500. The lowest BCUT2D eigenvalue weighted by atomic mass is 10.2. The van der Waals surface area contributed by atoms with Crippen LogP contribution < -0.4 is 10.1 Å². The van der Waals surface area contributed by atoms with E-state index >= 15 is 0 Å². The second-order valence-corrected chi connectivity index (χ2v) is 5.60. The third-order valence-corrected chi connectivity index (χ3v) is 2.86. The predicted molar refractivity (Wildman–Crippen MR) is 73.1 cm³/mol. The Balaban J connectivity index is 2.96. The number of amides is 1. The number of carbonyl (C=O) groups is 1. The number of rotatable bonds is 2. The number of hydrogen-bond donors (Lipinski definition) is 1. The number of methoxy groups -OCH3 is 1. The Morgan fingerprint density at radius 2 is 2.06 bits per heavy atom. The van der Waals surface area contributed by atoms with E-state index in [9.17, 15) is 4.79 Å². The highest BCUT2D eigenvalue weighted by atomic mass is 79.9. The third-order valence-electron chi connectivity index (χ3n) is 2.06. The van der Waals surface area contributed by atoms with Crippen molar-refractivity contribution in [3.63, 3.8) is 0 Å². The Kier molecular flexibility index (Phi) is 4.56. The van der Waals surface area contributed by atoms with Crippen molar-refractivity contribution in [3.8, 4) is 5.88 Å². The van der Waals surface area contributed by atoms with Gasteiger partial charge in [-0.1, -0.05) is 0 Å². The number of halogens is 1. The van der Waals surface area contributed by atoms with E-state index in [-0.39, 0.29) is 0 Å². The van der Waals surface area contributed by atoms with Crippen LogP contribution in [-0.2, 0) is 4.74 Å². The van der Waals surface area contributed by atoms with Gasteiger partial charge in [-0.3, -0.25) is 5.32 Å². The molecule has 5 nitrogen and oxygen atoms in total. The first-order valence-corrected chi connectivity index (χ1v) is 6.23. The van der Waals surface area contributed by atoms with E-state index in [2.05, 4.69) is 26.2 Å². The van der Waals surface area contributed by atoms with Crippen molar-refractivity contribution in [3.05, 3.63) is 16.2 Å².